The average Bonchev–Trinajstić information content (AvgIpc) is 2.89. The van der Waals surface area contributed by atoms with Gasteiger partial charge in [-0.1, -0.05) is 35.5 Å². The molecule has 2 aromatic rings. The molecule has 0 aliphatic carbocycles. The van der Waals surface area contributed by atoms with Crippen molar-refractivity contribution in [2.24, 2.45) is 5.10 Å². The first-order valence-corrected chi connectivity index (χ1v) is 9.00. The third-order valence-electron chi connectivity index (χ3n) is 3.47. The zero-order valence-electron chi connectivity index (χ0n) is 13.4. The highest BCUT2D eigenvalue weighted by atomic mass is 35.5. The zero-order chi connectivity index (χ0) is 19.6. The van der Waals surface area contributed by atoms with Gasteiger partial charge in [0, 0.05) is 22.7 Å². The standard InChI is InChI=1S/C17H10ClN3O4S2/c18-12-3-1-10(2-4-12)9-19-20-16(23)15(27-17(20)26)8-11-7-13(21(24)25)5-6-14(11)22/h1-9,22H/b15-8+,19-9+. The predicted molar refractivity (Wildman–Crippen MR) is 109 cm³/mol. The number of aromatic hydroxyl groups is 1. The number of rotatable bonds is 4. The molecule has 1 fully saturated rings. The first-order valence-electron chi connectivity index (χ1n) is 7.40. The second-order valence-electron chi connectivity index (χ2n) is 5.29. The van der Waals surface area contributed by atoms with E-state index in [1.54, 1.807) is 24.3 Å². The molecule has 0 spiro atoms. The van der Waals surface area contributed by atoms with E-state index in [0.717, 1.165) is 22.3 Å². The van der Waals surface area contributed by atoms with E-state index in [0.29, 0.717) is 5.02 Å². The Labute approximate surface area is 168 Å². The van der Waals surface area contributed by atoms with Crippen molar-refractivity contribution in [1.82, 2.24) is 5.01 Å². The number of thioether (sulfide) groups is 1. The molecule has 7 nitrogen and oxygen atoms in total. The molecule has 1 aliphatic heterocycles. The van der Waals surface area contributed by atoms with E-state index in [1.807, 2.05) is 0 Å². The molecular weight excluding hydrogens is 410 g/mol. The van der Waals surface area contributed by atoms with Crippen LogP contribution in [0.2, 0.25) is 5.02 Å². The number of non-ortho nitro benzene ring substituents is 1. The van der Waals surface area contributed by atoms with Gasteiger partial charge in [0.2, 0.25) is 0 Å². The van der Waals surface area contributed by atoms with Crippen molar-refractivity contribution in [3.05, 3.63) is 73.6 Å². The minimum Gasteiger partial charge on any atom is -0.507 e. The summed E-state index contributed by atoms with van der Waals surface area (Å²) in [5, 5.41) is 26.5. The molecular formula is C17H10ClN3O4S2. The van der Waals surface area contributed by atoms with Crippen LogP contribution in [0.1, 0.15) is 11.1 Å². The Morgan fingerprint density at radius 1 is 1.26 bits per heavy atom. The van der Waals surface area contributed by atoms with Crippen molar-refractivity contribution >= 4 is 63.8 Å². The number of carbonyl (C=O) groups excluding carboxylic acids is 1. The molecule has 10 heteroatoms. The van der Waals surface area contributed by atoms with Gasteiger partial charge in [-0.15, -0.1) is 0 Å². The van der Waals surface area contributed by atoms with E-state index < -0.39 is 10.8 Å². The Morgan fingerprint density at radius 2 is 1.96 bits per heavy atom. The summed E-state index contributed by atoms with van der Waals surface area (Å²) in [6, 6.07) is 10.4. The maximum atomic E-state index is 12.5. The fourth-order valence-electron chi connectivity index (χ4n) is 2.14. The van der Waals surface area contributed by atoms with Gasteiger partial charge in [-0.3, -0.25) is 14.9 Å². The van der Waals surface area contributed by atoms with Crippen LogP contribution in [0.3, 0.4) is 0 Å². The fraction of sp³-hybridized carbons (Fsp3) is 0. The smallest absolute Gasteiger partial charge is 0.286 e. The zero-order valence-corrected chi connectivity index (χ0v) is 15.8. The molecule has 0 aromatic heterocycles. The summed E-state index contributed by atoms with van der Waals surface area (Å²) in [6.45, 7) is 0. The number of amides is 1. The highest BCUT2D eigenvalue weighted by Gasteiger charge is 2.32. The number of nitrogens with zero attached hydrogens (tertiary/aromatic N) is 3. The van der Waals surface area contributed by atoms with Crippen LogP contribution in [0.5, 0.6) is 5.75 Å². The van der Waals surface area contributed by atoms with Gasteiger partial charge < -0.3 is 5.11 Å². The van der Waals surface area contributed by atoms with Crippen LogP contribution in [0, 0.1) is 10.1 Å². The minimum atomic E-state index is -0.585. The third kappa shape index (κ3) is 4.33. The molecule has 2 aromatic carbocycles. The summed E-state index contributed by atoms with van der Waals surface area (Å²) < 4.78 is 0.210. The Morgan fingerprint density at radius 3 is 2.63 bits per heavy atom. The van der Waals surface area contributed by atoms with E-state index in [4.69, 9.17) is 23.8 Å². The lowest BCUT2D eigenvalue weighted by Crippen LogP contribution is -2.22. The first kappa shape index (κ1) is 19.0. The second kappa shape index (κ2) is 7.87. The van der Waals surface area contributed by atoms with E-state index in [-0.39, 0.29) is 26.2 Å². The molecule has 0 atom stereocenters. The van der Waals surface area contributed by atoms with Gasteiger partial charge in [0.25, 0.3) is 11.6 Å². The summed E-state index contributed by atoms with van der Waals surface area (Å²) in [7, 11) is 0. The summed E-state index contributed by atoms with van der Waals surface area (Å²) in [5.41, 5.74) is 0.676. The van der Waals surface area contributed by atoms with E-state index in [9.17, 15) is 20.0 Å². The molecule has 1 amide bonds. The molecule has 1 heterocycles. The molecule has 136 valence electrons. The Bertz CT molecular complexity index is 1010. The van der Waals surface area contributed by atoms with Gasteiger partial charge in [0.05, 0.1) is 16.0 Å². The van der Waals surface area contributed by atoms with Crippen LogP contribution in [0.25, 0.3) is 6.08 Å². The Kier molecular flexibility index (Phi) is 5.54. The van der Waals surface area contributed by atoms with Gasteiger partial charge >= 0.3 is 0 Å². The SMILES string of the molecule is O=C1/C(=C\c2cc([N+](=O)[O-])ccc2O)SC(=S)N1/N=C/c1ccc(Cl)cc1. The van der Waals surface area contributed by atoms with Gasteiger partial charge in [-0.05, 0) is 42.1 Å². The van der Waals surface area contributed by atoms with Crippen LogP contribution < -0.4 is 0 Å². The summed E-state index contributed by atoms with van der Waals surface area (Å²) in [5.74, 6) is -0.670. The van der Waals surface area contributed by atoms with Crippen molar-refractivity contribution < 1.29 is 14.8 Å². The summed E-state index contributed by atoms with van der Waals surface area (Å²) >= 11 is 12.0. The maximum absolute atomic E-state index is 12.5. The van der Waals surface area contributed by atoms with Gasteiger partial charge in [0.15, 0.2) is 4.32 Å². The first-order chi connectivity index (χ1) is 12.8. The van der Waals surface area contributed by atoms with Gasteiger partial charge in [-0.25, -0.2) is 0 Å². The fourth-order valence-corrected chi connectivity index (χ4v) is 3.43. The largest absolute Gasteiger partial charge is 0.507 e. The molecule has 1 saturated heterocycles. The normalized spacial score (nSPS) is 15.9. The van der Waals surface area contributed by atoms with Crippen LogP contribution in [0.4, 0.5) is 5.69 Å². The molecule has 0 unspecified atom stereocenters. The minimum absolute atomic E-state index is 0.145. The molecule has 1 aliphatic rings. The lowest BCUT2D eigenvalue weighted by Gasteiger charge is -2.06. The number of phenols is 1. The van der Waals surface area contributed by atoms with Crippen LogP contribution in [-0.2, 0) is 4.79 Å². The number of hydrazone groups is 1. The van der Waals surface area contributed by atoms with Gasteiger partial charge in [0.1, 0.15) is 5.75 Å². The third-order valence-corrected chi connectivity index (χ3v) is 5.01. The number of carbonyl (C=O) groups is 1. The quantitative estimate of drug-likeness (QED) is 0.262. The number of hydrogen-bond acceptors (Lipinski definition) is 7. The molecule has 0 saturated carbocycles. The monoisotopic (exact) mass is 419 g/mol. The Hall–Kier alpha value is -2.75. The molecule has 3 rings (SSSR count). The van der Waals surface area contributed by atoms with Crippen molar-refractivity contribution in [3.8, 4) is 5.75 Å². The van der Waals surface area contributed by atoms with E-state index in [2.05, 4.69) is 5.10 Å². The van der Waals surface area contributed by atoms with Crippen LogP contribution in [0.15, 0.2) is 52.5 Å². The number of nitro benzene ring substituents is 1. The van der Waals surface area contributed by atoms with Crippen LogP contribution >= 0.6 is 35.6 Å². The van der Waals surface area contributed by atoms with E-state index in [1.165, 1.54) is 30.5 Å². The predicted octanol–water partition coefficient (Wildman–Crippen LogP) is 4.19. The Balaban J connectivity index is 1.85. The van der Waals surface area contributed by atoms with Crippen molar-refractivity contribution in [3.63, 3.8) is 0 Å². The van der Waals surface area contributed by atoms with E-state index >= 15 is 0 Å². The molecule has 27 heavy (non-hydrogen) atoms. The molecule has 0 bridgehead atoms. The maximum Gasteiger partial charge on any atom is 0.286 e. The highest BCUT2D eigenvalue weighted by Crippen LogP contribution is 2.35. The number of benzene rings is 2. The summed E-state index contributed by atoms with van der Waals surface area (Å²) in [6.07, 6.45) is 2.81. The lowest BCUT2D eigenvalue weighted by atomic mass is 10.1. The second-order valence-corrected chi connectivity index (χ2v) is 7.40. The molecule has 0 radical (unpaired) electrons. The number of hydrogen-bond donors (Lipinski definition) is 1. The number of nitro groups is 1. The van der Waals surface area contributed by atoms with Gasteiger partial charge in [-0.2, -0.15) is 10.1 Å². The number of thiocarbonyl (C=S) groups is 1. The van der Waals surface area contributed by atoms with Crippen molar-refractivity contribution in [2.75, 3.05) is 0 Å². The number of halogens is 1. The highest BCUT2D eigenvalue weighted by molar-refractivity contribution is 8.26. The van der Waals surface area contributed by atoms with Crippen molar-refractivity contribution in [2.45, 2.75) is 0 Å². The summed E-state index contributed by atoms with van der Waals surface area (Å²) in [4.78, 5) is 23.0. The van der Waals surface area contributed by atoms with Crippen molar-refractivity contribution in [1.29, 1.82) is 0 Å². The topological polar surface area (TPSA) is 96.0 Å². The number of phenolic OH excluding ortho intramolecular Hbond substituents is 1. The average molecular weight is 420 g/mol. The van der Waals surface area contributed by atoms with Crippen LogP contribution in [-0.4, -0.2) is 31.5 Å². The molecule has 1 N–H and O–H groups in total. The lowest BCUT2D eigenvalue weighted by molar-refractivity contribution is -0.384.